The number of furan rings is 1. The minimum Gasteiger partial charge on any atom is -0.472 e. The van der Waals surface area contributed by atoms with Crippen LogP contribution in [0.1, 0.15) is 12.5 Å². The zero-order valence-corrected chi connectivity index (χ0v) is 7.90. The first-order valence-electron chi connectivity index (χ1n) is 4.69. The normalized spacial score (nSPS) is 24.8. The fraction of sp³-hybridized carbons (Fsp3) is 0.600. The molecule has 1 fully saturated rings. The molecular formula is C10H15NO2. The predicted molar refractivity (Wildman–Crippen MR) is 49.4 cm³/mol. The molecule has 0 aromatic carbocycles. The van der Waals surface area contributed by atoms with Crippen LogP contribution in [0, 0.1) is 0 Å². The van der Waals surface area contributed by atoms with Gasteiger partial charge in [0.1, 0.15) is 0 Å². The van der Waals surface area contributed by atoms with Crippen molar-refractivity contribution in [2.75, 3.05) is 19.8 Å². The third kappa shape index (κ3) is 2.11. The molecule has 0 spiro atoms. The first-order valence-corrected chi connectivity index (χ1v) is 4.69. The van der Waals surface area contributed by atoms with E-state index in [1.165, 1.54) is 5.56 Å². The lowest BCUT2D eigenvalue weighted by Gasteiger charge is -2.32. The van der Waals surface area contributed by atoms with E-state index < -0.39 is 0 Å². The van der Waals surface area contributed by atoms with Crippen molar-refractivity contribution in [2.45, 2.75) is 19.5 Å². The number of hydrogen-bond donors (Lipinski definition) is 0. The van der Waals surface area contributed by atoms with Gasteiger partial charge >= 0.3 is 0 Å². The highest BCUT2D eigenvalue weighted by Gasteiger charge is 2.18. The van der Waals surface area contributed by atoms with E-state index in [1.54, 1.807) is 6.26 Å². The number of ether oxygens (including phenoxy) is 1. The number of morpholine rings is 1. The second-order valence-corrected chi connectivity index (χ2v) is 3.53. The Bertz CT molecular complexity index is 245. The number of hydrogen-bond acceptors (Lipinski definition) is 3. The van der Waals surface area contributed by atoms with Crippen LogP contribution in [0.25, 0.3) is 0 Å². The molecule has 2 rings (SSSR count). The Morgan fingerprint density at radius 2 is 2.54 bits per heavy atom. The average Bonchev–Trinajstić information content (AvgIpc) is 2.61. The van der Waals surface area contributed by atoms with Crippen LogP contribution >= 0.6 is 0 Å². The van der Waals surface area contributed by atoms with Gasteiger partial charge < -0.3 is 9.15 Å². The monoisotopic (exact) mass is 181 g/mol. The Labute approximate surface area is 78.3 Å². The fourth-order valence-corrected chi connectivity index (χ4v) is 1.61. The van der Waals surface area contributed by atoms with E-state index in [-0.39, 0.29) is 0 Å². The fourth-order valence-electron chi connectivity index (χ4n) is 1.61. The molecule has 0 aliphatic carbocycles. The van der Waals surface area contributed by atoms with Gasteiger partial charge in [0.05, 0.1) is 25.7 Å². The van der Waals surface area contributed by atoms with Gasteiger partial charge in [-0.05, 0) is 13.0 Å². The molecule has 1 aliphatic heterocycles. The number of nitrogens with zero attached hydrogens (tertiary/aromatic N) is 1. The van der Waals surface area contributed by atoms with Crippen LogP contribution in [-0.2, 0) is 11.3 Å². The maximum absolute atomic E-state index is 5.37. The zero-order chi connectivity index (χ0) is 9.10. The maximum Gasteiger partial charge on any atom is 0.0947 e. The SMILES string of the molecule is C[C@@H]1COCCN1Cc1ccoc1. The minimum atomic E-state index is 0.517. The van der Waals surface area contributed by atoms with Crippen LogP contribution in [0.5, 0.6) is 0 Å². The van der Waals surface area contributed by atoms with Gasteiger partial charge in [-0.1, -0.05) is 0 Å². The lowest BCUT2D eigenvalue weighted by molar-refractivity contribution is -0.00443. The van der Waals surface area contributed by atoms with Crippen LogP contribution in [0.2, 0.25) is 0 Å². The van der Waals surface area contributed by atoms with E-state index >= 15 is 0 Å². The Morgan fingerprint density at radius 3 is 3.23 bits per heavy atom. The van der Waals surface area contributed by atoms with Crippen molar-refractivity contribution in [3.63, 3.8) is 0 Å². The third-order valence-electron chi connectivity index (χ3n) is 2.47. The Balaban J connectivity index is 1.93. The summed E-state index contributed by atoms with van der Waals surface area (Å²) in [5.41, 5.74) is 1.24. The Morgan fingerprint density at radius 1 is 1.62 bits per heavy atom. The average molecular weight is 181 g/mol. The van der Waals surface area contributed by atoms with Gasteiger partial charge in [-0.3, -0.25) is 4.90 Å². The quantitative estimate of drug-likeness (QED) is 0.691. The first kappa shape index (κ1) is 8.78. The van der Waals surface area contributed by atoms with Gasteiger partial charge in [0, 0.05) is 24.7 Å². The van der Waals surface area contributed by atoms with Crippen molar-refractivity contribution < 1.29 is 9.15 Å². The van der Waals surface area contributed by atoms with Crippen LogP contribution in [0.15, 0.2) is 23.0 Å². The standard InChI is InChI=1S/C10H15NO2/c1-9-7-13-5-3-11(9)6-10-2-4-12-8-10/h2,4,8-9H,3,5-7H2,1H3/t9-/m1/s1. The van der Waals surface area contributed by atoms with E-state index in [0.717, 1.165) is 26.3 Å². The lowest BCUT2D eigenvalue weighted by Crippen LogP contribution is -2.42. The second-order valence-electron chi connectivity index (χ2n) is 3.53. The van der Waals surface area contributed by atoms with Gasteiger partial charge in [-0.2, -0.15) is 0 Å². The predicted octanol–water partition coefficient (Wildman–Crippen LogP) is 1.50. The molecule has 3 heteroatoms. The second kappa shape index (κ2) is 3.94. The molecule has 0 radical (unpaired) electrons. The van der Waals surface area contributed by atoms with Crippen molar-refractivity contribution in [3.8, 4) is 0 Å². The molecule has 1 saturated heterocycles. The Kier molecular flexibility index (Phi) is 2.66. The molecule has 1 aromatic rings. The van der Waals surface area contributed by atoms with E-state index in [4.69, 9.17) is 9.15 Å². The van der Waals surface area contributed by atoms with Crippen molar-refractivity contribution >= 4 is 0 Å². The summed E-state index contributed by atoms with van der Waals surface area (Å²) in [6.45, 7) is 5.88. The molecular weight excluding hydrogens is 166 g/mol. The lowest BCUT2D eigenvalue weighted by atomic mass is 10.2. The van der Waals surface area contributed by atoms with Crippen LogP contribution in [0.3, 0.4) is 0 Å². The summed E-state index contributed by atoms with van der Waals surface area (Å²) in [6, 6.07) is 2.53. The molecule has 1 aliphatic rings. The topological polar surface area (TPSA) is 25.6 Å². The van der Waals surface area contributed by atoms with Crippen LogP contribution < -0.4 is 0 Å². The third-order valence-corrected chi connectivity index (χ3v) is 2.47. The summed E-state index contributed by atoms with van der Waals surface area (Å²) in [4.78, 5) is 2.41. The molecule has 0 N–H and O–H groups in total. The van der Waals surface area contributed by atoms with E-state index in [1.807, 2.05) is 12.3 Å². The van der Waals surface area contributed by atoms with Gasteiger partial charge in [-0.15, -0.1) is 0 Å². The molecule has 3 nitrogen and oxygen atoms in total. The zero-order valence-electron chi connectivity index (χ0n) is 7.90. The molecule has 72 valence electrons. The number of rotatable bonds is 2. The largest absolute Gasteiger partial charge is 0.472 e. The Hall–Kier alpha value is -0.800. The molecule has 0 bridgehead atoms. The van der Waals surface area contributed by atoms with Crippen LogP contribution in [0.4, 0.5) is 0 Å². The summed E-state index contributed by atoms with van der Waals surface area (Å²) >= 11 is 0. The van der Waals surface area contributed by atoms with Crippen molar-refractivity contribution in [1.29, 1.82) is 0 Å². The minimum absolute atomic E-state index is 0.517. The highest BCUT2D eigenvalue weighted by atomic mass is 16.5. The van der Waals surface area contributed by atoms with Crippen molar-refractivity contribution in [2.24, 2.45) is 0 Å². The van der Waals surface area contributed by atoms with E-state index in [0.29, 0.717) is 6.04 Å². The summed E-state index contributed by atoms with van der Waals surface area (Å²) in [7, 11) is 0. The molecule has 1 atom stereocenters. The summed E-state index contributed by atoms with van der Waals surface area (Å²) in [5.74, 6) is 0. The summed E-state index contributed by atoms with van der Waals surface area (Å²) in [6.07, 6.45) is 3.53. The molecule has 0 amide bonds. The van der Waals surface area contributed by atoms with Gasteiger partial charge in [0.25, 0.3) is 0 Å². The highest BCUT2D eigenvalue weighted by Crippen LogP contribution is 2.11. The van der Waals surface area contributed by atoms with Gasteiger partial charge in [-0.25, -0.2) is 0 Å². The smallest absolute Gasteiger partial charge is 0.0947 e. The molecule has 2 heterocycles. The van der Waals surface area contributed by atoms with Gasteiger partial charge in [0.15, 0.2) is 0 Å². The van der Waals surface area contributed by atoms with Gasteiger partial charge in [0.2, 0.25) is 0 Å². The maximum atomic E-state index is 5.37. The van der Waals surface area contributed by atoms with Crippen molar-refractivity contribution in [3.05, 3.63) is 24.2 Å². The summed E-state index contributed by atoms with van der Waals surface area (Å²) < 4.78 is 10.4. The molecule has 13 heavy (non-hydrogen) atoms. The highest BCUT2D eigenvalue weighted by molar-refractivity contribution is 5.05. The first-order chi connectivity index (χ1) is 6.36. The van der Waals surface area contributed by atoms with Crippen LogP contribution in [-0.4, -0.2) is 30.7 Å². The molecule has 1 aromatic heterocycles. The van der Waals surface area contributed by atoms with E-state index in [2.05, 4.69) is 11.8 Å². The summed E-state index contributed by atoms with van der Waals surface area (Å²) in [5, 5.41) is 0. The molecule has 0 unspecified atom stereocenters. The molecule has 0 saturated carbocycles. The van der Waals surface area contributed by atoms with E-state index in [9.17, 15) is 0 Å². The van der Waals surface area contributed by atoms with Crippen molar-refractivity contribution in [1.82, 2.24) is 4.90 Å².